The fraction of sp³-hybridized carbons (Fsp3) is 0.577. The third kappa shape index (κ3) is 4.51. The van der Waals surface area contributed by atoms with E-state index in [1.807, 2.05) is 6.07 Å². The van der Waals surface area contributed by atoms with Crippen LogP contribution in [0.1, 0.15) is 51.4 Å². The lowest BCUT2D eigenvalue weighted by Crippen LogP contribution is -2.47. The van der Waals surface area contributed by atoms with E-state index >= 15 is 0 Å². The Hall–Kier alpha value is -2.47. The van der Waals surface area contributed by atoms with Crippen LogP contribution in [0.5, 0.6) is 0 Å². The van der Waals surface area contributed by atoms with E-state index in [-0.39, 0.29) is 17.2 Å². The number of pyridine rings is 1. The molecule has 32 heavy (non-hydrogen) atoms. The maximum absolute atomic E-state index is 12.0. The van der Waals surface area contributed by atoms with Crippen molar-refractivity contribution in [3.63, 3.8) is 0 Å². The molecule has 0 radical (unpaired) electrons. The van der Waals surface area contributed by atoms with Crippen LogP contribution in [0.15, 0.2) is 36.4 Å². The molecule has 1 aromatic carbocycles. The van der Waals surface area contributed by atoms with Crippen molar-refractivity contribution in [3.8, 4) is 0 Å². The monoisotopic (exact) mass is 434 g/mol. The van der Waals surface area contributed by atoms with Crippen LogP contribution in [-0.4, -0.2) is 54.4 Å². The number of hydrogen-bond donors (Lipinski definition) is 1. The second-order valence-corrected chi connectivity index (χ2v) is 9.96. The van der Waals surface area contributed by atoms with Gasteiger partial charge in [-0.2, -0.15) is 0 Å². The van der Waals surface area contributed by atoms with Gasteiger partial charge in [-0.1, -0.05) is 31.0 Å². The molecule has 1 saturated carbocycles. The van der Waals surface area contributed by atoms with Gasteiger partial charge in [0.1, 0.15) is 5.82 Å². The number of nitrogens with zero attached hydrogens (tertiary/aromatic N) is 3. The largest absolute Gasteiger partial charge is 0.354 e. The fourth-order valence-electron chi connectivity index (χ4n) is 6.23. The predicted octanol–water partition coefficient (Wildman–Crippen LogP) is 3.75. The first-order valence-electron chi connectivity index (χ1n) is 12.3. The third-order valence-corrected chi connectivity index (χ3v) is 7.95. The van der Waals surface area contributed by atoms with Gasteiger partial charge in [0.05, 0.1) is 5.52 Å². The molecular formula is C26H34N4O2. The molecule has 2 aliphatic heterocycles. The highest BCUT2D eigenvalue weighted by Gasteiger charge is 2.47. The molecule has 5 rings (SSSR count). The lowest BCUT2D eigenvalue weighted by Gasteiger charge is -2.38. The Kier molecular flexibility index (Phi) is 6.13. The Morgan fingerprint density at radius 3 is 2.56 bits per heavy atom. The smallest absolute Gasteiger partial charge is 0.227 e. The van der Waals surface area contributed by atoms with Gasteiger partial charge in [0.15, 0.2) is 0 Å². The molecule has 1 unspecified atom stereocenters. The van der Waals surface area contributed by atoms with Crippen LogP contribution in [0.25, 0.3) is 10.9 Å². The summed E-state index contributed by atoms with van der Waals surface area (Å²) in [6.45, 7) is 5.34. The van der Waals surface area contributed by atoms with Crippen LogP contribution in [0, 0.1) is 11.3 Å². The molecule has 1 spiro atoms. The SMILES string of the molecule is O=C1CC2(CCCC2CCCCN2CCN(c3ccc4ccccc4n3)CC2)CC(=O)N1. The standard InChI is InChI=1S/C26H34N4O2/c31-24-18-26(19-25(32)28-24)12-5-8-21(26)7-3-4-13-29-14-16-30(17-15-29)23-11-10-20-6-1-2-9-22(20)27-23/h1-2,6,9-11,21H,3-5,7-8,12-19H2,(H,28,31,32). The second-order valence-electron chi connectivity index (χ2n) is 9.96. The molecule has 3 fully saturated rings. The summed E-state index contributed by atoms with van der Waals surface area (Å²) in [5.41, 5.74) is 1.02. The average molecular weight is 435 g/mol. The van der Waals surface area contributed by atoms with Crippen molar-refractivity contribution in [2.75, 3.05) is 37.6 Å². The van der Waals surface area contributed by atoms with Crippen molar-refractivity contribution in [2.45, 2.75) is 51.4 Å². The number of aromatic nitrogens is 1. The zero-order valence-corrected chi connectivity index (χ0v) is 18.9. The number of imide groups is 1. The van der Waals surface area contributed by atoms with Gasteiger partial charge in [0.25, 0.3) is 0 Å². The second kappa shape index (κ2) is 9.18. The summed E-state index contributed by atoms with van der Waals surface area (Å²) in [6, 6.07) is 12.6. The van der Waals surface area contributed by atoms with Crippen molar-refractivity contribution in [1.82, 2.24) is 15.2 Å². The molecular weight excluding hydrogens is 400 g/mol. The van der Waals surface area contributed by atoms with Crippen LogP contribution in [0.4, 0.5) is 5.82 Å². The number of amides is 2. The number of anilines is 1. The van der Waals surface area contributed by atoms with Crippen LogP contribution >= 0.6 is 0 Å². The highest BCUT2D eigenvalue weighted by atomic mass is 16.2. The van der Waals surface area contributed by atoms with Gasteiger partial charge < -0.3 is 4.90 Å². The van der Waals surface area contributed by atoms with Crippen LogP contribution < -0.4 is 10.2 Å². The normalized spacial score (nSPS) is 23.8. The van der Waals surface area contributed by atoms with Crippen LogP contribution in [0.3, 0.4) is 0 Å². The van der Waals surface area contributed by atoms with Crippen molar-refractivity contribution in [1.29, 1.82) is 0 Å². The maximum atomic E-state index is 12.0. The highest BCUT2D eigenvalue weighted by Crippen LogP contribution is 2.51. The first-order chi connectivity index (χ1) is 15.6. The first kappa shape index (κ1) is 21.4. The Bertz CT molecular complexity index is 967. The maximum Gasteiger partial charge on any atom is 0.227 e. The number of nitrogens with one attached hydrogen (secondary N) is 1. The quantitative estimate of drug-likeness (QED) is 0.554. The molecule has 2 saturated heterocycles. The summed E-state index contributed by atoms with van der Waals surface area (Å²) in [5.74, 6) is 1.49. The minimum absolute atomic E-state index is 0.0438. The van der Waals surface area contributed by atoms with Gasteiger partial charge in [-0.3, -0.25) is 19.8 Å². The summed E-state index contributed by atoms with van der Waals surface area (Å²) in [5, 5.41) is 3.68. The van der Waals surface area contributed by atoms with Crippen LogP contribution in [0.2, 0.25) is 0 Å². The summed E-state index contributed by atoms with van der Waals surface area (Å²) < 4.78 is 0. The van der Waals surface area contributed by atoms with Gasteiger partial charge in [-0.05, 0) is 61.8 Å². The van der Waals surface area contributed by atoms with Gasteiger partial charge in [0, 0.05) is 44.4 Å². The Morgan fingerprint density at radius 1 is 0.969 bits per heavy atom. The number of hydrogen-bond acceptors (Lipinski definition) is 5. The highest BCUT2D eigenvalue weighted by molar-refractivity contribution is 5.98. The zero-order chi connectivity index (χ0) is 22.0. The Labute approximate surface area is 190 Å². The molecule has 3 heterocycles. The first-order valence-corrected chi connectivity index (χ1v) is 12.3. The van der Waals surface area contributed by atoms with E-state index in [4.69, 9.17) is 4.98 Å². The molecule has 0 bridgehead atoms. The van der Waals surface area contributed by atoms with Gasteiger partial charge in [0.2, 0.25) is 11.8 Å². The van der Waals surface area contributed by atoms with Crippen LogP contribution in [-0.2, 0) is 9.59 Å². The van der Waals surface area contributed by atoms with Gasteiger partial charge in [-0.15, -0.1) is 0 Å². The molecule has 2 aromatic rings. The van der Waals surface area contributed by atoms with E-state index in [0.29, 0.717) is 18.8 Å². The van der Waals surface area contributed by atoms with E-state index in [2.05, 4.69) is 45.4 Å². The predicted molar refractivity (Wildman–Crippen MR) is 126 cm³/mol. The van der Waals surface area contributed by atoms with E-state index in [1.165, 1.54) is 24.6 Å². The van der Waals surface area contributed by atoms with Crippen molar-refractivity contribution >= 4 is 28.5 Å². The van der Waals surface area contributed by atoms with E-state index in [9.17, 15) is 9.59 Å². The number of fused-ring (bicyclic) bond motifs is 1. The zero-order valence-electron chi connectivity index (χ0n) is 18.9. The van der Waals surface area contributed by atoms with E-state index in [0.717, 1.165) is 63.3 Å². The van der Waals surface area contributed by atoms with Gasteiger partial charge >= 0.3 is 0 Å². The molecule has 1 aromatic heterocycles. The molecule has 6 nitrogen and oxygen atoms in total. The molecule has 1 aliphatic carbocycles. The number of para-hydroxylation sites is 1. The molecule has 1 atom stereocenters. The average Bonchev–Trinajstić information content (AvgIpc) is 3.16. The molecule has 6 heteroatoms. The number of piperazine rings is 1. The number of unbranched alkanes of at least 4 members (excludes halogenated alkanes) is 1. The number of rotatable bonds is 6. The van der Waals surface area contributed by atoms with E-state index in [1.54, 1.807) is 0 Å². The topological polar surface area (TPSA) is 65.5 Å². The molecule has 2 amide bonds. The lowest BCUT2D eigenvalue weighted by atomic mass is 9.69. The van der Waals surface area contributed by atoms with Crippen molar-refractivity contribution in [3.05, 3.63) is 36.4 Å². The van der Waals surface area contributed by atoms with E-state index < -0.39 is 0 Å². The summed E-state index contributed by atoms with van der Waals surface area (Å²) in [4.78, 5) is 33.7. The number of benzene rings is 1. The summed E-state index contributed by atoms with van der Waals surface area (Å²) in [7, 11) is 0. The Morgan fingerprint density at radius 2 is 1.75 bits per heavy atom. The number of carbonyl (C=O) groups excluding carboxylic acids is 2. The van der Waals surface area contributed by atoms with Gasteiger partial charge in [-0.25, -0.2) is 4.98 Å². The minimum Gasteiger partial charge on any atom is -0.354 e. The number of piperidine rings is 1. The summed E-state index contributed by atoms with van der Waals surface area (Å²) in [6.07, 6.45) is 8.02. The van der Waals surface area contributed by atoms with Crippen molar-refractivity contribution < 1.29 is 9.59 Å². The molecule has 1 N–H and O–H groups in total. The molecule has 3 aliphatic rings. The lowest BCUT2D eigenvalue weighted by molar-refractivity contribution is -0.139. The Balaban J connectivity index is 1.06. The third-order valence-electron chi connectivity index (χ3n) is 7.95. The molecule has 170 valence electrons. The number of carbonyl (C=O) groups is 2. The fourth-order valence-corrected chi connectivity index (χ4v) is 6.23. The minimum atomic E-state index is -0.0630. The van der Waals surface area contributed by atoms with Crippen molar-refractivity contribution in [2.24, 2.45) is 11.3 Å². The summed E-state index contributed by atoms with van der Waals surface area (Å²) >= 11 is 0.